The first-order chi connectivity index (χ1) is 10.4. The monoisotopic (exact) mass is 373 g/mol. The first-order valence-corrected chi connectivity index (χ1v) is 7.43. The van der Waals surface area contributed by atoms with E-state index in [4.69, 9.17) is 4.42 Å². The maximum absolute atomic E-state index is 12.8. The minimum absolute atomic E-state index is 0.152. The number of carbonyl (C=O) groups is 1. The number of carbonyl (C=O) groups excluding carboxylic acids is 1. The first-order valence-electron chi connectivity index (χ1n) is 6.63. The van der Waals surface area contributed by atoms with Gasteiger partial charge in [0.15, 0.2) is 10.4 Å². The molecular formula is C15H11BrF3NO2. The van der Waals surface area contributed by atoms with E-state index in [0.29, 0.717) is 35.3 Å². The smallest absolute Gasteiger partial charge is 0.416 e. The molecule has 116 valence electrons. The maximum Gasteiger partial charge on any atom is 0.416 e. The van der Waals surface area contributed by atoms with Crippen molar-refractivity contribution in [1.29, 1.82) is 0 Å². The lowest BCUT2D eigenvalue weighted by atomic mass is 9.98. The fourth-order valence-electron chi connectivity index (χ4n) is 2.55. The van der Waals surface area contributed by atoms with Crippen molar-refractivity contribution in [2.75, 3.05) is 11.4 Å². The first kappa shape index (κ1) is 15.1. The quantitative estimate of drug-likeness (QED) is 0.728. The molecule has 1 aromatic carbocycles. The molecule has 0 atom stereocenters. The average Bonchev–Trinajstić information content (AvgIpc) is 2.91. The van der Waals surface area contributed by atoms with Gasteiger partial charge in [-0.25, -0.2) is 0 Å². The van der Waals surface area contributed by atoms with Crippen molar-refractivity contribution < 1.29 is 22.4 Å². The van der Waals surface area contributed by atoms with E-state index in [0.717, 1.165) is 12.1 Å². The third-order valence-electron chi connectivity index (χ3n) is 3.55. The Morgan fingerprint density at radius 1 is 1.23 bits per heavy atom. The number of aryl methyl sites for hydroxylation is 1. The van der Waals surface area contributed by atoms with E-state index in [-0.39, 0.29) is 11.7 Å². The fourth-order valence-corrected chi connectivity index (χ4v) is 2.85. The highest BCUT2D eigenvalue weighted by atomic mass is 79.9. The van der Waals surface area contributed by atoms with Crippen LogP contribution in [0.5, 0.6) is 0 Å². The Morgan fingerprint density at radius 2 is 2.00 bits per heavy atom. The SMILES string of the molecule is O=C(c1ccc(Br)o1)N1CCCc2cc(C(F)(F)F)ccc21. The van der Waals surface area contributed by atoms with Crippen molar-refractivity contribution >= 4 is 27.5 Å². The molecule has 22 heavy (non-hydrogen) atoms. The molecule has 0 N–H and O–H groups in total. The van der Waals surface area contributed by atoms with Gasteiger partial charge in [0.2, 0.25) is 0 Å². The summed E-state index contributed by atoms with van der Waals surface area (Å²) in [5.41, 5.74) is 0.345. The molecule has 2 aromatic rings. The van der Waals surface area contributed by atoms with Crippen LogP contribution in [0.1, 0.15) is 28.1 Å². The number of anilines is 1. The molecule has 0 radical (unpaired) electrons. The van der Waals surface area contributed by atoms with Crippen LogP contribution in [-0.2, 0) is 12.6 Å². The van der Waals surface area contributed by atoms with E-state index < -0.39 is 11.7 Å². The zero-order valence-corrected chi connectivity index (χ0v) is 12.9. The Kier molecular flexibility index (Phi) is 3.76. The summed E-state index contributed by atoms with van der Waals surface area (Å²) in [7, 11) is 0. The average molecular weight is 374 g/mol. The lowest BCUT2D eigenvalue weighted by Crippen LogP contribution is -2.35. The molecule has 0 saturated heterocycles. The van der Waals surface area contributed by atoms with Crippen LogP contribution in [0.15, 0.2) is 39.4 Å². The number of alkyl halides is 3. The summed E-state index contributed by atoms with van der Waals surface area (Å²) in [6.07, 6.45) is -3.25. The van der Waals surface area contributed by atoms with Crippen LogP contribution < -0.4 is 4.90 Å². The third-order valence-corrected chi connectivity index (χ3v) is 3.98. The number of hydrogen-bond donors (Lipinski definition) is 0. The van der Waals surface area contributed by atoms with Crippen molar-refractivity contribution in [3.8, 4) is 0 Å². The molecule has 3 nitrogen and oxygen atoms in total. The van der Waals surface area contributed by atoms with Gasteiger partial charge in [-0.05, 0) is 64.7 Å². The molecule has 0 unspecified atom stereocenters. The molecule has 0 fully saturated rings. The van der Waals surface area contributed by atoms with Crippen LogP contribution in [0, 0.1) is 0 Å². The van der Waals surface area contributed by atoms with E-state index >= 15 is 0 Å². The van der Waals surface area contributed by atoms with Gasteiger partial charge in [-0.15, -0.1) is 0 Å². The molecule has 7 heteroatoms. The van der Waals surface area contributed by atoms with Crippen LogP contribution in [0.4, 0.5) is 18.9 Å². The number of fused-ring (bicyclic) bond motifs is 1. The third kappa shape index (κ3) is 2.77. The molecule has 0 saturated carbocycles. The maximum atomic E-state index is 12.8. The molecular weight excluding hydrogens is 363 g/mol. The summed E-state index contributed by atoms with van der Waals surface area (Å²) in [5, 5.41) is 0. The van der Waals surface area contributed by atoms with E-state index in [1.165, 1.54) is 17.0 Å². The molecule has 2 heterocycles. The second kappa shape index (κ2) is 5.46. The van der Waals surface area contributed by atoms with E-state index in [1.54, 1.807) is 6.07 Å². The van der Waals surface area contributed by atoms with Gasteiger partial charge in [0.25, 0.3) is 5.91 Å². The van der Waals surface area contributed by atoms with Crippen molar-refractivity contribution in [2.24, 2.45) is 0 Å². The minimum Gasteiger partial charge on any atom is -0.444 e. The van der Waals surface area contributed by atoms with Crippen LogP contribution in [-0.4, -0.2) is 12.5 Å². The number of nitrogens with zero attached hydrogens (tertiary/aromatic N) is 1. The number of amides is 1. The lowest BCUT2D eigenvalue weighted by molar-refractivity contribution is -0.137. The largest absolute Gasteiger partial charge is 0.444 e. The summed E-state index contributed by atoms with van der Waals surface area (Å²) in [5.74, 6) is -0.203. The number of furan rings is 1. The van der Waals surface area contributed by atoms with Crippen molar-refractivity contribution in [1.82, 2.24) is 0 Å². The van der Waals surface area contributed by atoms with Gasteiger partial charge in [-0.1, -0.05) is 0 Å². The molecule has 0 spiro atoms. The molecule has 1 aromatic heterocycles. The van der Waals surface area contributed by atoms with E-state index in [2.05, 4.69) is 15.9 Å². The van der Waals surface area contributed by atoms with Crippen molar-refractivity contribution in [3.05, 3.63) is 51.9 Å². The van der Waals surface area contributed by atoms with E-state index in [9.17, 15) is 18.0 Å². The molecule has 0 bridgehead atoms. The van der Waals surface area contributed by atoms with Gasteiger partial charge < -0.3 is 9.32 Å². The van der Waals surface area contributed by atoms with Gasteiger partial charge in [0.1, 0.15) is 0 Å². The number of halogens is 4. The van der Waals surface area contributed by atoms with Gasteiger partial charge in [-0.3, -0.25) is 4.79 Å². The highest BCUT2D eigenvalue weighted by Crippen LogP contribution is 2.35. The van der Waals surface area contributed by atoms with Crippen LogP contribution >= 0.6 is 15.9 Å². The van der Waals surface area contributed by atoms with Crippen LogP contribution in [0.2, 0.25) is 0 Å². The van der Waals surface area contributed by atoms with Gasteiger partial charge in [0, 0.05) is 12.2 Å². The molecule has 1 aliphatic rings. The zero-order valence-electron chi connectivity index (χ0n) is 11.3. The topological polar surface area (TPSA) is 33.5 Å². The van der Waals surface area contributed by atoms with Gasteiger partial charge >= 0.3 is 6.18 Å². The summed E-state index contributed by atoms with van der Waals surface area (Å²) in [6, 6.07) is 6.61. The number of rotatable bonds is 1. The summed E-state index contributed by atoms with van der Waals surface area (Å²) in [4.78, 5) is 13.9. The highest BCUT2D eigenvalue weighted by Gasteiger charge is 2.33. The van der Waals surface area contributed by atoms with E-state index in [1.807, 2.05) is 0 Å². The number of hydrogen-bond acceptors (Lipinski definition) is 2. The zero-order chi connectivity index (χ0) is 15.9. The molecule has 0 aliphatic carbocycles. The molecule has 3 rings (SSSR count). The molecule has 1 aliphatic heterocycles. The molecule has 1 amide bonds. The van der Waals surface area contributed by atoms with Crippen LogP contribution in [0.25, 0.3) is 0 Å². The minimum atomic E-state index is -4.38. The summed E-state index contributed by atoms with van der Waals surface area (Å²) < 4.78 is 44.0. The summed E-state index contributed by atoms with van der Waals surface area (Å²) >= 11 is 3.13. The number of benzene rings is 1. The summed E-state index contributed by atoms with van der Waals surface area (Å²) in [6.45, 7) is 0.454. The fraction of sp³-hybridized carbons (Fsp3) is 0.267. The standard InChI is InChI=1S/C15H11BrF3NO2/c16-13-6-5-12(22-13)14(21)20-7-1-2-9-8-10(15(17,18)19)3-4-11(9)20/h3-6,8H,1-2,7H2. The second-order valence-electron chi connectivity index (χ2n) is 5.01. The highest BCUT2D eigenvalue weighted by molar-refractivity contribution is 9.10. The van der Waals surface area contributed by atoms with Crippen molar-refractivity contribution in [2.45, 2.75) is 19.0 Å². The lowest BCUT2D eigenvalue weighted by Gasteiger charge is -2.29. The Bertz CT molecular complexity index is 724. The van der Waals surface area contributed by atoms with Gasteiger partial charge in [-0.2, -0.15) is 13.2 Å². The Balaban J connectivity index is 1.96. The van der Waals surface area contributed by atoms with Crippen molar-refractivity contribution in [3.63, 3.8) is 0 Å². The predicted molar refractivity (Wildman–Crippen MR) is 77.8 cm³/mol. The Labute approximate surface area is 132 Å². The Morgan fingerprint density at radius 3 is 2.64 bits per heavy atom. The Hall–Kier alpha value is -1.76. The second-order valence-corrected chi connectivity index (χ2v) is 5.79. The van der Waals surface area contributed by atoms with Gasteiger partial charge in [0.05, 0.1) is 5.56 Å². The van der Waals surface area contributed by atoms with Crippen LogP contribution in [0.3, 0.4) is 0 Å². The normalized spacial score (nSPS) is 14.8. The predicted octanol–water partition coefficient (Wildman–Crippen LogP) is 4.65.